The highest BCUT2D eigenvalue weighted by molar-refractivity contribution is 6.09. The normalized spacial score (nSPS) is 11.2. The van der Waals surface area contributed by atoms with Gasteiger partial charge in [-0.15, -0.1) is 0 Å². The lowest BCUT2D eigenvalue weighted by Crippen LogP contribution is -2.19. The van der Waals surface area contributed by atoms with Crippen molar-refractivity contribution in [2.45, 2.75) is 6.92 Å². The van der Waals surface area contributed by atoms with Crippen molar-refractivity contribution in [2.75, 3.05) is 5.32 Å². The first kappa shape index (κ1) is 14.4. The Morgan fingerprint density at radius 2 is 2.14 bits per heavy atom. The fourth-order valence-corrected chi connectivity index (χ4v) is 1.76. The van der Waals surface area contributed by atoms with E-state index in [2.05, 4.69) is 15.5 Å². The summed E-state index contributed by atoms with van der Waals surface area (Å²) in [5.74, 6) is -1.29. The predicted molar refractivity (Wildman–Crippen MR) is 75.8 cm³/mol. The van der Waals surface area contributed by atoms with Crippen molar-refractivity contribution in [3.63, 3.8) is 0 Å². The van der Waals surface area contributed by atoms with Gasteiger partial charge in [-0.1, -0.05) is 5.16 Å². The molecule has 0 radical (unpaired) electrons. The molecule has 1 amide bonds. The third-order valence-corrected chi connectivity index (χ3v) is 2.75. The van der Waals surface area contributed by atoms with Crippen LogP contribution in [0.25, 0.3) is 0 Å². The van der Waals surface area contributed by atoms with Crippen molar-refractivity contribution >= 4 is 17.4 Å². The third kappa shape index (κ3) is 3.33. The predicted octanol–water partition coefficient (Wildman–Crippen LogP) is 1.88. The van der Waals surface area contributed by atoms with Gasteiger partial charge >= 0.3 is 0 Å². The van der Waals surface area contributed by atoms with Crippen LogP contribution in [0.15, 0.2) is 41.8 Å². The summed E-state index contributed by atoms with van der Waals surface area (Å²) in [6.45, 7) is 1.81. The molecule has 2 rings (SSSR count). The number of anilines is 1. The van der Waals surface area contributed by atoms with Crippen LogP contribution in [-0.4, -0.2) is 21.9 Å². The number of amides is 1. The van der Waals surface area contributed by atoms with Gasteiger partial charge in [0.25, 0.3) is 5.91 Å². The molecule has 0 unspecified atom stereocenters. The number of carbonyl (C=O) groups excluding carboxylic acids is 1. The molecule has 0 saturated carbocycles. The Labute approximate surface area is 120 Å². The zero-order valence-corrected chi connectivity index (χ0v) is 11.2. The van der Waals surface area contributed by atoms with E-state index in [0.29, 0.717) is 5.56 Å². The number of nitrogens with two attached hydrogens (primary N) is 1. The molecule has 0 aliphatic rings. The highest BCUT2D eigenvalue weighted by Gasteiger charge is 2.13. The average Bonchev–Trinajstić information content (AvgIpc) is 2.48. The highest BCUT2D eigenvalue weighted by atomic mass is 19.1. The summed E-state index contributed by atoms with van der Waals surface area (Å²) < 4.78 is 13.2. The van der Waals surface area contributed by atoms with Crippen LogP contribution >= 0.6 is 0 Å². The fourth-order valence-electron chi connectivity index (χ4n) is 1.76. The number of amidine groups is 1. The molecular weight excluding hydrogens is 275 g/mol. The minimum atomic E-state index is -0.563. The number of halogens is 1. The Bertz CT molecular complexity index is 716. The van der Waals surface area contributed by atoms with E-state index in [1.165, 1.54) is 12.3 Å². The number of carbonyl (C=O) groups is 1. The molecule has 0 fully saturated rings. The lowest BCUT2D eigenvalue weighted by Gasteiger charge is -2.10. The van der Waals surface area contributed by atoms with Crippen LogP contribution in [0.2, 0.25) is 0 Å². The molecule has 0 aliphatic carbocycles. The number of nitrogens with zero attached hydrogens (tertiary/aromatic N) is 2. The topological polar surface area (TPSA) is 101 Å². The maximum Gasteiger partial charge on any atom is 0.257 e. The number of oxime groups is 1. The first-order chi connectivity index (χ1) is 10.0. The molecule has 0 spiro atoms. The summed E-state index contributed by atoms with van der Waals surface area (Å²) in [7, 11) is 0. The van der Waals surface area contributed by atoms with Crippen LogP contribution < -0.4 is 11.1 Å². The van der Waals surface area contributed by atoms with Crippen molar-refractivity contribution in [1.82, 2.24) is 4.98 Å². The minimum Gasteiger partial charge on any atom is -0.409 e. The van der Waals surface area contributed by atoms with E-state index >= 15 is 0 Å². The van der Waals surface area contributed by atoms with Crippen LogP contribution in [0, 0.1) is 12.7 Å². The quantitative estimate of drug-likeness (QED) is 0.347. The van der Waals surface area contributed by atoms with E-state index in [0.717, 1.165) is 17.7 Å². The molecule has 7 heteroatoms. The van der Waals surface area contributed by atoms with E-state index in [-0.39, 0.29) is 17.1 Å². The van der Waals surface area contributed by atoms with Gasteiger partial charge in [-0.2, -0.15) is 0 Å². The second-order valence-electron chi connectivity index (χ2n) is 4.38. The molecule has 0 atom stereocenters. The monoisotopic (exact) mass is 288 g/mol. The summed E-state index contributed by atoms with van der Waals surface area (Å²) in [6.07, 6.45) is 3.03. The van der Waals surface area contributed by atoms with Crippen molar-refractivity contribution < 1.29 is 14.4 Å². The Morgan fingerprint density at radius 3 is 2.81 bits per heavy atom. The lowest BCUT2D eigenvalue weighted by atomic mass is 10.1. The van der Waals surface area contributed by atoms with Gasteiger partial charge in [0.2, 0.25) is 0 Å². The average molecular weight is 288 g/mol. The Morgan fingerprint density at radius 1 is 1.38 bits per heavy atom. The maximum absolute atomic E-state index is 13.2. The van der Waals surface area contributed by atoms with Gasteiger partial charge in [0.15, 0.2) is 5.84 Å². The first-order valence-electron chi connectivity index (χ1n) is 6.01. The zero-order chi connectivity index (χ0) is 15.4. The third-order valence-electron chi connectivity index (χ3n) is 2.75. The lowest BCUT2D eigenvalue weighted by molar-refractivity contribution is 0.102. The molecule has 1 heterocycles. The van der Waals surface area contributed by atoms with E-state index in [1.54, 1.807) is 12.3 Å². The number of benzene rings is 1. The SMILES string of the molecule is Cc1cncc(C(=O)Nc2ccc(F)cc2/C(N)=N/O)c1. The number of hydrogen-bond acceptors (Lipinski definition) is 4. The molecule has 0 aliphatic heterocycles. The van der Waals surface area contributed by atoms with Gasteiger partial charge in [0, 0.05) is 18.0 Å². The largest absolute Gasteiger partial charge is 0.409 e. The summed E-state index contributed by atoms with van der Waals surface area (Å²) in [5, 5.41) is 14.1. The number of aryl methyl sites for hydroxylation is 1. The van der Waals surface area contributed by atoms with Gasteiger partial charge in [-0.05, 0) is 36.8 Å². The smallest absolute Gasteiger partial charge is 0.257 e. The first-order valence-corrected chi connectivity index (χ1v) is 6.01. The molecule has 0 bridgehead atoms. The van der Waals surface area contributed by atoms with E-state index in [9.17, 15) is 9.18 Å². The molecular formula is C14H13FN4O2. The van der Waals surface area contributed by atoms with Gasteiger partial charge in [-0.25, -0.2) is 4.39 Å². The number of rotatable bonds is 3. The molecule has 4 N–H and O–H groups in total. The fraction of sp³-hybridized carbons (Fsp3) is 0.0714. The van der Waals surface area contributed by atoms with Crippen LogP contribution in [-0.2, 0) is 0 Å². The van der Waals surface area contributed by atoms with E-state index in [1.807, 2.05) is 6.92 Å². The van der Waals surface area contributed by atoms with Crippen LogP contribution in [0.1, 0.15) is 21.5 Å². The molecule has 6 nitrogen and oxygen atoms in total. The number of hydrogen-bond donors (Lipinski definition) is 3. The molecule has 0 saturated heterocycles. The standard InChI is InChI=1S/C14H13FN4O2/c1-8-4-9(7-17-6-8)14(20)18-12-3-2-10(15)5-11(12)13(16)19-21/h2-7,21H,1H3,(H2,16,19)(H,18,20). The van der Waals surface area contributed by atoms with Crippen molar-refractivity contribution in [3.8, 4) is 0 Å². The van der Waals surface area contributed by atoms with Crippen molar-refractivity contribution in [1.29, 1.82) is 0 Å². The maximum atomic E-state index is 13.2. The Hall–Kier alpha value is -2.96. The van der Waals surface area contributed by atoms with Crippen molar-refractivity contribution in [2.24, 2.45) is 10.9 Å². The number of pyridine rings is 1. The molecule has 21 heavy (non-hydrogen) atoms. The van der Waals surface area contributed by atoms with Gasteiger partial charge in [0.1, 0.15) is 5.82 Å². The van der Waals surface area contributed by atoms with E-state index < -0.39 is 11.7 Å². The molecule has 108 valence electrons. The second-order valence-corrected chi connectivity index (χ2v) is 4.38. The minimum absolute atomic E-state index is 0.0893. The molecule has 1 aromatic carbocycles. The van der Waals surface area contributed by atoms with Crippen molar-refractivity contribution in [3.05, 3.63) is 59.2 Å². The van der Waals surface area contributed by atoms with Gasteiger partial charge < -0.3 is 16.3 Å². The molecule has 2 aromatic rings. The summed E-state index contributed by atoms with van der Waals surface area (Å²) in [6, 6.07) is 5.23. The Balaban J connectivity index is 2.33. The van der Waals surface area contributed by atoms with Crippen LogP contribution in [0.5, 0.6) is 0 Å². The Kier molecular flexibility index (Phi) is 4.13. The van der Waals surface area contributed by atoms with Crippen LogP contribution in [0.4, 0.5) is 10.1 Å². The summed E-state index contributed by atoms with van der Waals surface area (Å²) in [4.78, 5) is 16.1. The highest BCUT2D eigenvalue weighted by Crippen LogP contribution is 2.18. The van der Waals surface area contributed by atoms with E-state index in [4.69, 9.17) is 10.9 Å². The summed E-state index contributed by atoms with van der Waals surface area (Å²) in [5.41, 5.74) is 6.98. The zero-order valence-electron chi connectivity index (χ0n) is 11.2. The second kappa shape index (κ2) is 6.00. The van der Waals surface area contributed by atoms with Gasteiger partial charge in [0.05, 0.1) is 11.3 Å². The van der Waals surface area contributed by atoms with Gasteiger partial charge in [-0.3, -0.25) is 9.78 Å². The molecule has 1 aromatic heterocycles. The number of nitrogens with one attached hydrogen (secondary N) is 1. The summed E-state index contributed by atoms with van der Waals surface area (Å²) >= 11 is 0. The van der Waals surface area contributed by atoms with Crippen LogP contribution in [0.3, 0.4) is 0 Å². The number of aromatic nitrogens is 1.